The lowest BCUT2D eigenvalue weighted by Gasteiger charge is -2.34. The van der Waals surface area contributed by atoms with Gasteiger partial charge in [0.1, 0.15) is 12.2 Å². The Labute approximate surface area is 258 Å². The maximum atomic E-state index is 13.7. The molecule has 1 aliphatic heterocycles. The van der Waals surface area contributed by atoms with Crippen LogP contribution in [-0.4, -0.2) is 24.5 Å². The van der Waals surface area contributed by atoms with Crippen LogP contribution in [0.5, 0.6) is 11.5 Å². The van der Waals surface area contributed by atoms with Crippen LogP contribution >= 0.6 is 22.6 Å². The molecule has 8 heteroatoms. The van der Waals surface area contributed by atoms with Crippen LogP contribution in [0, 0.1) is 17.4 Å². The van der Waals surface area contributed by atoms with E-state index in [1.807, 2.05) is 19.1 Å². The molecule has 0 atom stereocenters. The van der Waals surface area contributed by atoms with Crippen molar-refractivity contribution in [1.29, 1.82) is 0 Å². The molecule has 4 aromatic rings. The maximum absolute atomic E-state index is 13.7. The minimum Gasteiger partial charge on any atom is -0.490 e. The zero-order valence-corrected chi connectivity index (χ0v) is 25.6. The molecule has 0 saturated carbocycles. The molecule has 0 radical (unpaired) electrons. The van der Waals surface area contributed by atoms with Gasteiger partial charge in [-0.15, -0.1) is 0 Å². The Hall–Kier alpha value is -4.44. The van der Waals surface area contributed by atoms with Crippen molar-refractivity contribution in [3.63, 3.8) is 0 Å². The van der Waals surface area contributed by atoms with E-state index in [2.05, 4.69) is 48.6 Å². The van der Waals surface area contributed by atoms with Crippen LogP contribution in [0.3, 0.4) is 0 Å². The predicted molar refractivity (Wildman–Crippen MR) is 172 cm³/mol. The summed E-state index contributed by atoms with van der Waals surface area (Å²) in [6, 6.07) is 26.2. The van der Waals surface area contributed by atoms with Gasteiger partial charge in [-0.1, -0.05) is 54.6 Å². The molecule has 0 aromatic heterocycles. The topological polar surface area (TPSA) is 76.2 Å². The lowest BCUT2D eigenvalue weighted by atomic mass is 10.0. The fourth-order valence-corrected chi connectivity index (χ4v) is 5.41. The lowest BCUT2D eigenvalue weighted by Crippen LogP contribution is -2.57. The molecule has 5 rings (SSSR count). The van der Waals surface area contributed by atoms with Gasteiger partial charge >= 0.3 is 6.03 Å². The first kappa shape index (κ1) is 29.1. The second kappa shape index (κ2) is 12.6. The molecule has 4 amide bonds. The summed E-state index contributed by atoms with van der Waals surface area (Å²) in [5.74, 6) is -0.337. The lowest BCUT2D eigenvalue weighted by molar-refractivity contribution is -0.121. The minimum atomic E-state index is -0.737. The molecule has 0 aliphatic carbocycles. The van der Waals surface area contributed by atoms with E-state index in [9.17, 15) is 14.4 Å². The van der Waals surface area contributed by atoms with Gasteiger partial charge in [0.05, 0.1) is 21.6 Å². The van der Waals surface area contributed by atoms with E-state index < -0.39 is 17.8 Å². The van der Waals surface area contributed by atoms with E-state index in [1.165, 1.54) is 17.2 Å². The van der Waals surface area contributed by atoms with Crippen LogP contribution in [0.25, 0.3) is 6.08 Å². The highest BCUT2D eigenvalue weighted by Gasteiger charge is 2.43. The number of imide groups is 2. The summed E-state index contributed by atoms with van der Waals surface area (Å²) < 4.78 is 12.9. The number of carbonyl (C=O) groups is 3. The van der Waals surface area contributed by atoms with Crippen LogP contribution < -0.4 is 19.3 Å². The van der Waals surface area contributed by atoms with Crippen molar-refractivity contribution in [1.82, 2.24) is 0 Å². The van der Waals surface area contributed by atoms with Crippen LogP contribution in [0.4, 0.5) is 16.2 Å². The number of urea groups is 1. The zero-order valence-electron chi connectivity index (χ0n) is 23.5. The van der Waals surface area contributed by atoms with Crippen molar-refractivity contribution in [2.24, 2.45) is 0 Å². The number of nitrogens with zero attached hydrogens (tertiary/aromatic N) is 2. The monoisotopic (exact) mass is 672 g/mol. The van der Waals surface area contributed by atoms with Crippen molar-refractivity contribution in [3.8, 4) is 11.5 Å². The van der Waals surface area contributed by atoms with E-state index in [0.29, 0.717) is 41.7 Å². The molecule has 42 heavy (non-hydrogen) atoms. The van der Waals surface area contributed by atoms with Gasteiger partial charge in [-0.25, -0.2) is 14.6 Å². The SMILES string of the molecule is CCOc1cc(C=C2C(=O)N(c3ccccc3)C(=O)N(c3ccccc3)C2=O)cc(I)c1OCc1ccc(C)c(C)c1. The van der Waals surface area contributed by atoms with Gasteiger partial charge in [0, 0.05) is 0 Å². The number of halogens is 1. The Morgan fingerprint density at radius 1 is 0.738 bits per heavy atom. The van der Waals surface area contributed by atoms with Crippen molar-refractivity contribution in [2.75, 3.05) is 16.4 Å². The van der Waals surface area contributed by atoms with Crippen molar-refractivity contribution < 1.29 is 23.9 Å². The van der Waals surface area contributed by atoms with E-state index in [0.717, 1.165) is 18.9 Å². The molecule has 1 aliphatic rings. The molecule has 1 saturated heterocycles. The van der Waals surface area contributed by atoms with E-state index in [1.54, 1.807) is 66.7 Å². The standard InChI is InChI=1S/C34H29IN2O5/c1-4-41-30-20-25(19-29(35)31(30)42-21-24-16-15-22(2)23(3)17-24)18-28-32(38)36(26-11-7-5-8-12-26)34(40)37(33(28)39)27-13-9-6-10-14-27/h5-20H,4,21H2,1-3H3. The summed E-state index contributed by atoms with van der Waals surface area (Å²) in [4.78, 5) is 43.1. The summed E-state index contributed by atoms with van der Waals surface area (Å²) >= 11 is 2.16. The molecule has 1 heterocycles. The Morgan fingerprint density at radius 2 is 1.33 bits per heavy atom. The number of para-hydroxylation sites is 2. The smallest absolute Gasteiger partial charge is 0.343 e. The second-order valence-electron chi connectivity index (χ2n) is 9.76. The number of ether oxygens (including phenoxy) is 2. The third-order valence-corrected chi connectivity index (χ3v) is 7.68. The first-order chi connectivity index (χ1) is 20.3. The van der Waals surface area contributed by atoms with Crippen molar-refractivity contribution >= 4 is 57.9 Å². The number of hydrogen-bond donors (Lipinski definition) is 0. The van der Waals surface area contributed by atoms with E-state index in [4.69, 9.17) is 9.47 Å². The number of benzene rings is 4. The maximum Gasteiger partial charge on any atom is 0.343 e. The molecule has 212 valence electrons. The normalized spacial score (nSPS) is 13.4. The Kier molecular flexibility index (Phi) is 8.72. The summed E-state index contributed by atoms with van der Waals surface area (Å²) in [6.07, 6.45) is 1.50. The van der Waals surface area contributed by atoms with Crippen LogP contribution in [-0.2, 0) is 16.2 Å². The zero-order chi connectivity index (χ0) is 29.8. The number of aryl methyl sites for hydroxylation is 2. The second-order valence-corrected chi connectivity index (χ2v) is 10.9. The minimum absolute atomic E-state index is 0.149. The van der Waals surface area contributed by atoms with Gasteiger partial charge in [0.25, 0.3) is 11.8 Å². The summed E-state index contributed by atoms with van der Waals surface area (Å²) in [5.41, 5.74) is 4.58. The third kappa shape index (κ3) is 5.94. The van der Waals surface area contributed by atoms with Gasteiger partial charge in [0.15, 0.2) is 11.5 Å². The van der Waals surface area contributed by atoms with Crippen LogP contribution in [0.1, 0.15) is 29.2 Å². The fraction of sp³-hybridized carbons (Fsp3) is 0.147. The van der Waals surface area contributed by atoms with E-state index in [-0.39, 0.29) is 5.57 Å². The number of barbiturate groups is 1. The molecular weight excluding hydrogens is 643 g/mol. The number of anilines is 2. The highest BCUT2D eigenvalue weighted by molar-refractivity contribution is 14.1. The molecule has 0 unspecified atom stereocenters. The summed E-state index contributed by atoms with van der Waals surface area (Å²) in [6.45, 7) is 6.76. The first-order valence-electron chi connectivity index (χ1n) is 13.5. The quantitative estimate of drug-likeness (QED) is 0.110. The molecule has 0 N–H and O–H groups in total. The highest BCUT2D eigenvalue weighted by atomic mass is 127. The fourth-order valence-electron chi connectivity index (χ4n) is 4.63. The van der Waals surface area contributed by atoms with Crippen LogP contribution in [0.2, 0.25) is 0 Å². The Balaban J connectivity index is 1.54. The van der Waals surface area contributed by atoms with Crippen molar-refractivity contribution in [2.45, 2.75) is 27.4 Å². The highest BCUT2D eigenvalue weighted by Crippen LogP contribution is 2.37. The number of rotatable bonds is 8. The first-order valence-corrected chi connectivity index (χ1v) is 14.6. The summed E-state index contributed by atoms with van der Waals surface area (Å²) in [5, 5.41) is 0. The predicted octanol–water partition coefficient (Wildman–Crippen LogP) is 7.47. The number of hydrogen-bond acceptors (Lipinski definition) is 5. The number of amides is 4. The van der Waals surface area contributed by atoms with E-state index >= 15 is 0 Å². The molecule has 4 aromatic carbocycles. The molecule has 7 nitrogen and oxygen atoms in total. The molecule has 0 spiro atoms. The summed E-state index contributed by atoms with van der Waals surface area (Å²) in [7, 11) is 0. The average molecular weight is 673 g/mol. The third-order valence-electron chi connectivity index (χ3n) is 6.88. The Morgan fingerprint density at radius 3 is 1.88 bits per heavy atom. The molecule has 0 bridgehead atoms. The van der Waals surface area contributed by atoms with Gasteiger partial charge in [-0.3, -0.25) is 9.59 Å². The van der Waals surface area contributed by atoms with Gasteiger partial charge in [0.2, 0.25) is 0 Å². The van der Waals surface area contributed by atoms with Gasteiger partial charge in [-0.05, 0) is 108 Å². The average Bonchev–Trinajstić information content (AvgIpc) is 2.98. The number of carbonyl (C=O) groups excluding carboxylic acids is 3. The van der Waals surface area contributed by atoms with Crippen molar-refractivity contribution in [3.05, 3.63) is 122 Å². The molecule has 1 fully saturated rings. The molecular formula is C34H29IN2O5. The largest absolute Gasteiger partial charge is 0.490 e. The Bertz CT molecular complexity index is 1620. The van der Waals surface area contributed by atoms with Crippen LogP contribution in [0.15, 0.2) is 96.6 Å². The van der Waals surface area contributed by atoms with Gasteiger partial charge < -0.3 is 9.47 Å². The van der Waals surface area contributed by atoms with Gasteiger partial charge in [-0.2, -0.15) is 0 Å².